The van der Waals surface area contributed by atoms with Gasteiger partial charge in [-0.1, -0.05) is 60.1 Å². The fraction of sp³-hybridized carbons (Fsp3) is 0.333. The van der Waals surface area contributed by atoms with Crippen LogP contribution in [0.5, 0.6) is 0 Å². The predicted octanol–water partition coefficient (Wildman–Crippen LogP) is 4.31. The quantitative estimate of drug-likeness (QED) is 0.769. The van der Waals surface area contributed by atoms with E-state index in [9.17, 15) is 0 Å². The van der Waals surface area contributed by atoms with Crippen molar-refractivity contribution in [3.05, 3.63) is 53.6 Å². The van der Waals surface area contributed by atoms with Gasteiger partial charge in [0, 0.05) is 10.5 Å². The average molecular weight is 315 g/mol. The molecule has 114 valence electrons. The van der Waals surface area contributed by atoms with Crippen molar-refractivity contribution < 1.29 is 9.31 Å². The topological polar surface area (TPSA) is 18.5 Å². The summed E-state index contributed by atoms with van der Waals surface area (Å²) in [6, 6.07) is 16.1. The van der Waals surface area contributed by atoms with Crippen LogP contribution in [0.3, 0.4) is 0 Å². The zero-order valence-electron chi connectivity index (χ0n) is 13.4. The molecule has 0 unspecified atom stereocenters. The van der Waals surface area contributed by atoms with Crippen molar-refractivity contribution in [2.75, 3.05) is 0 Å². The van der Waals surface area contributed by atoms with Crippen LogP contribution in [-0.4, -0.2) is 18.3 Å². The Kier molecular flexibility index (Phi) is 3.84. The second-order valence-corrected chi connectivity index (χ2v) is 7.04. The number of hydrogen-bond acceptors (Lipinski definition) is 2. The van der Waals surface area contributed by atoms with Crippen LogP contribution in [0, 0.1) is 0 Å². The summed E-state index contributed by atoms with van der Waals surface area (Å²) in [5.74, 6) is 0. The average Bonchev–Trinajstić information content (AvgIpc) is 2.68. The Hall–Kier alpha value is -1.29. The molecule has 0 saturated carbocycles. The summed E-state index contributed by atoms with van der Waals surface area (Å²) in [6.07, 6.45) is 0. The molecule has 0 aliphatic carbocycles. The lowest BCUT2D eigenvalue weighted by molar-refractivity contribution is 0.00578. The maximum Gasteiger partial charge on any atom is 0.496 e. The molecular formula is C18H20BClO2. The van der Waals surface area contributed by atoms with E-state index in [4.69, 9.17) is 20.9 Å². The Labute approximate surface area is 137 Å². The van der Waals surface area contributed by atoms with E-state index in [0.29, 0.717) is 5.02 Å². The van der Waals surface area contributed by atoms with Crippen LogP contribution in [0.15, 0.2) is 48.5 Å². The highest BCUT2D eigenvalue weighted by Gasteiger charge is 2.52. The van der Waals surface area contributed by atoms with E-state index < -0.39 is 7.12 Å². The number of rotatable bonds is 2. The van der Waals surface area contributed by atoms with E-state index in [0.717, 1.165) is 16.6 Å². The van der Waals surface area contributed by atoms with Gasteiger partial charge in [0.05, 0.1) is 11.2 Å². The molecule has 0 atom stereocenters. The normalized spacial score (nSPS) is 19.4. The summed E-state index contributed by atoms with van der Waals surface area (Å²) in [5, 5.41) is 0.687. The third-order valence-electron chi connectivity index (χ3n) is 4.62. The number of benzene rings is 2. The van der Waals surface area contributed by atoms with Gasteiger partial charge in [-0.25, -0.2) is 0 Å². The van der Waals surface area contributed by atoms with Crippen molar-refractivity contribution >= 4 is 24.2 Å². The Morgan fingerprint density at radius 1 is 0.818 bits per heavy atom. The third kappa shape index (κ3) is 2.58. The highest BCUT2D eigenvalue weighted by atomic mass is 35.5. The molecule has 1 heterocycles. The lowest BCUT2D eigenvalue weighted by Gasteiger charge is -2.32. The molecule has 3 rings (SSSR count). The minimum atomic E-state index is -0.443. The van der Waals surface area contributed by atoms with Gasteiger partial charge in [-0.3, -0.25) is 0 Å². The van der Waals surface area contributed by atoms with Crippen molar-refractivity contribution in [2.24, 2.45) is 0 Å². The maximum atomic E-state index is 6.65. The molecule has 0 bridgehead atoms. The van der Waals surface area contributed by atoms with E-state index in [1.54, 1.807) is 0 Å². The van der Waals surface area contributed by atoms with E-state index in [1.165, 1.54) is 0 Å². The minimum Gasteiger partial charge on any atom is -0.399 e. The van der Waals surface area contributed by atoms with Gasteiger partial charge >= 0.3 is 7.12 Å². The molecular weight excluding hydrogens is 294 g/mol. The van der Waals surface area contributed by atoms with Gasteiger partial charge in [-0.05, 0) is 38.8 Å². The maximum absolute atomic E-state index is 6.65. The molecule has 1 aliphatic rings. The predicted molar refractivity (Wildman–Crippen MR) is 92.6 cm³/mol. The van der Waals surface area contributed by atoms with Crippen LogP contribution >= 0.6 is 11.6 Å². The van der Waals surface area contributed by atoms with Crippen LogP contribution in [0.1, 0.15) is 27.7 Å². The molecule has 0 spiro atoms. The van der Waals surface area contributed by atoms with Crippen molar-refractivity contribution in [1.29, 1.82) is 0 Å². The lowest BCUT2D eigenvalue weighted by Crippen LogP contribution is -2.41. The van der Waals surface area contributed by atoms with Crippen molar-refractivity contribution in [2.45, 2.75) is 38.9 Å². The van der Waals surface area contributed by atoms with E-state index in [2.05, 4.69) is 12.1 Å². The van der Waals surface area contributed by atoms with Gasteiger partial charge in [0.2, 0.25) is 0 Å². The third-order valence-corrected chi connectivity index (χ3v) is 5.04. The Morgan fingerprint density at radius 2 is 1.41 bits per heavy atom. The van der Waals surface area contributed by atoms with Gasteiger partial charge < -0.3 is 9.31 Å². The smallest absolute Gasteiger partial charge is 0.399 e. The molecule has 0 aromatic heterocycles. The summed E-state index contributed by atoms with van der Waals surface area (Å²) in [4.78, 5) is 0. The summed E-state index contributed by atoms with van der Waals surface area (Å²) in [7, 11) is -0.443. The van der Waals surface area contributed by atoms with Crippen LogP contribution < -0.4 is 5.46 Å². The fourth-order valence-electron chi connectivity index (χ4n) is 2.54. The van der Waals surface area contributed by atoms with E-state index >= 15 is 0 Å². The highest BCUT2D eigenvalue weighted by Crippen LogP contribution is 2.37. The van der Waals surface area contributed by atoms with E-state index in [1.807, 2.05) is 64.1 Å². The highest BCUT2D eigenvalue weighted by molar-refractivity contribution is 6.66. The van der Waals surface area contributed by atoms with Gasteiger partial charge in [0.25, 0.3) is 0 Å². The second kappa shape index (κ2) is 5.41. The summed E-state index contributed by atoms with van der Waals surface area (Å²) < 4.78 is 12.2. The first-order chi connectivity index (χ1) is 10.3. The molecule has 2 nitrogen and oxygen atoms in total. The Morgan fingerprint density at radius 3 is 2.00 bits per heavy atom. The fourth-order valence-corrected chi connectivity index (χ4v) is 2.87. The van der Waals surface area contributed by atoms with Crippen LogP contribution in [0.2, 0.25) is 5.02 Å². The van der Waals surface area contributed by atoms with E-state index in [-0.39, 0.29) is 11.2 Å². The molecule has 22 heavy (non-hydrogen) atoms. The minimum absolute atomic E-state index is 0.371. The molecule has 2 aromatic rings. The summed E-state index contributed by atoms with van der Waals surface area (Å²) in [6.45, 7) is 8.17. The standard InChI is InChI=1S/C18H20BClO2/c1-17(2)18(3,4)22-19(21-17)15-12-8-11-14(16(15)20)13-9-6-5-7-10-13/h5-12H,1-4H3. The second-order valence-electron chi connectivity index (χ2n) is 6.66. The zero-order chi connectivity index (χ0) is 16.0. The molecule has 1 aliphatic heterocycles. The molecule has 0 N–H and O–H groups in total. The molecule has 1 fully saturated rings. The molecule has 4 heteroatoms. The SMILES string of the molecule is CC1(C)OB(c2cccc(-c3ccccc3)c2Cl)OC1(C)C. The first kappa shape index (κ1) is 15.6. The van der Waals surface area contributed by atoms with Crippen LogP contribution in [0.4, 0.5) is 0 Å². The van der Waals surface area contributed by atoms with Gasteiger partial charge in [-0.15, -0.1) is 0 Å². The Bertz CT molecular complexity index is 667. The number of halogens is 1. The summed E-state index contributed by atoms with van der Waals surface area (Å²) in [5.41, 5.74) is 2.22. The van der Waals surface area contributed by atoms with Crippen LogP contribution in [-0.2, 0) is 9.31 Å². The first-order valence-electron chi connectivity index (χ1n) is 7.51. The van der Waals surface area contributed by atoms with Crippen molar-refractivity contribution in [3.63, 3.8) is 0 Å². The lowest BCUT2D eigenvalue weighted by atomic mass is 9.77. The first-order valence-corrected chi connectivity index (χ1v) is 7.89. The van der Waals surface area contributed by atoms with Gasteiger partial charge in [0.15, 0.2) is 0 Å². The Balaban J connectivity index is 2.01. The number of hydrogen-bond donors (Lipinski definition) is 0. The summed E-state index contributed by atoms with van der Waals surface area (Å²) >= 11 is 6.65. The molecule has 2 aromatic carbocycles. The monoisotopic (exact) mass is 314 g/mol. The molecule has 0 amide bonds. The zero-order valence-corrected chi connectivity index (χ0v) is 14.1. The van der Waals surface area contributed by atoms with Crippen molar-refractivity contribution in [1.82, 2.24) is 0 Å². The van der Waals surface area contributed by atoms with Crippen molar-refractivity contribution in [3.8, 4) is 11.1 Å². The van der Waals surface area contributed by atoms with Gasteiger partial charge in [-0.2, -0.15) is 0 Å². The molecule has 1 saturated heterocycles. The van der Waals surface area contributed by atoms with Gasteiger partial charge in [0.1, 0.15) is 0 Å². The largest absolute Gasteiger partial charge is 0.496 e. The molecule has 0 radical (unpaired) electrons. The van der Waals surface area contributed by atoms with Crippen LogP contribution in [0.25, 0.3) is 11.1 Å².